The fourth-order valence-corrected chi connectivity index (χ4v) is 3.60. The average Bonchev–Trinajstić information content (AvgIpc) is 2.57. The zero-order chi connectivity index (χ0) is 18.8. The first kappa shape index (κ1) is 18.5. The third-order valence-corrected chi connectivity index (χ3v) is 4.86. The van der Waals surface area contributed by atoms with Crippen molar-refractivity contribution in [3.8, 4) is 0 Å². The Morgan fingerprint density at radius 3 is 2.38 bits per heavy atom. The molecule has 138 valence electrons. The Labute approximate surface area is 159 Å². The summed E-state index contributed by atoms with van der Waals surface area (Å²) < 4.78 is 0. The lowest BCUT2D eigenvalue weighted by atomic mass is 10.1. The van der Waals surface area contributed by atoms with Crippen molar-refractivity contribution in [2.24, 2.45) is 0 Å². The topological polar surface area (TPSA) is 61.4 Å². The number of halogens is 1. The van der Waals surface area contributed by atoms with E-state index in [1.54, 1.807) is 6.92 Å². The normalized spacial score (nSPS) is 14.5. The molecule has 0 atom stereocenters. The third-order valence-electron chi connectivity index (χ3n) is 4.56. The summed E-state index contributed by atoms with van der Waals surface area (Å²) in [7, 11) is 0. The van der Waals surface area contributed by atoms with Gasteiger partial charge < -0.3 is 15.1 Å². The fourth-order valence-electron chi connectivity index (χ4n) is 3.23. The molecule has 0 radical (unpaired) electrons. The van der Waals surface area contributed by atoms with Gasteiger partial charge in [0.05, 0.1) is 10.7 Å². The molecular formula is C19H24ClN5O. The molecule has 1 aromatic carbocycles. The Balaban J connectivity index is 1.82. The second-order valence-corrected chi connectivity index (χ2v) is 7.12. The van der Waals surface area contributed by atoms with Gasteiger partial charge in [0, 0.05) is 39.2 Å². The van der Waals surface area contributed by atoms with Crippen LogP contribution in [0.5, 0.6) is 0 Å². The molecule has 1 amide bonds. The minimum atomic E-state index is 0.121. The summed E-state index contributed by atoms with van der Waals surface area (Å²) in [6.45, 7) is 10.5. The number of carbonyl (C=O) groups is 1. The van der Waals surface area contributed by atoms with Crippen LogP contribution in [-0.2, 0) is 4.79 Å². The summed E-state index contributed by atoms with van der Waals surface area (Å²) in [5.74, 6) is 2.40. The molecular weight excluding hydrogens is 350 g/mol. The standard InChI is InChI=1S/C19H24ClN5O/c1-12-9-13(2)19(16(20)10-12)23-17-11-18(22-14(3)21-17)25-7-5-24(6-8-25)15(4)26/h9-11H,5-8H2,1-4H3,(H,21,22,23). The number of aromatic nitrogens is 2. The van der Waals surface area contributed by atoms with Crippen molar-refractivity contribution in [1.29, 1.82) is 0 Å². The van der Waals surface area contributed by atoms with Crippen LogP contribution in [0.1, 0.15) is 23.9 Å². The molecule has 3 rings (SSSR count). The number of amides is 1. The molecule has 0 spiro atoms. The Hall–Kier alpha value is -2.34. The summed E-state index contributed by atoms with van der Waals surface area (Å²) in [5, 5.41) is 4.02. The van der Waals surface area contributed by atoms with Gasteiger partial charge in [-0.15, -0.1) is 0 Å². The number of piperazine rings is 1. The van der Waals surface area contributed by atoms with Gasteiger partial charge in [0.2, 0.25) is 5.91 Å². The third kappa shape index (κ3) is 4.07. The Bertz CT molecular complexity index is 808. The first-order chi connectivity index (χ1) is 12.3. The molecule has 1 fully saturated rings. The van der Waals surface area contributed by atoms with Crippen LogP contribution in [0.25, 0.3) is 0 Å². The molecule has 2 aromatic rings. The second kappa shape index (κ2) is 7.50. The molecule has 1 saturated heterocycles. The van der Waals surface area contributed by atoms with Crippen LogP contribution in [-0.4, -0.2) is 47.0 Å². The Morgan fingerprint density at radius 2 is 1.77 bits per heavy atom. The Morgan fingerprint density at radius 1 is 1.08 bits per heavy atom. The fraction of sp³-hybridized carbons (Fsp3) is 0.421. The van der Waals surface area contributed by atoms with E-state index in [4.69, 9.17) is 11.6 Å². The first-order valence-electron chi connectivity index (χ1n) is 8.73. The molecule has 0 aliphatic carbocycles. The van der Waals surface area contributed by atoms with E-state index in [2.05, 4.69) is 26.3 Å². The Kier molecular flexibility index (Phi) is 5.32. The number of aryl methyl sites for hydroxylation is 3. The van der Waals surface area contributed by atoms with Gasteiger partial charge >= 0.3 is 0 Å². The molecule has 0 saturated carbocycles. The maximum atomic E-state index is 11.5. The number of nitrogens with zero attached hydrogens (tertiary/aromatic N) is 4. The number of benzene rings is 1. The largest absolute Gasteiger partial charge is 0.353 e. The van der Waals surface area contributed by atoms with Crippen LogP contribution in [0.4, 0.5) is 17.3 Å². The van der Waals surface area contributed by atoms with Gasteiger partial charge in [0.25, 0.3) is 0 Å². The highest BCUT2D eigenvalue weighted by molar-refractivity contribution is 6.33. The molecule has 1 aliphatic heterocycles. The van der Waals surface area contributed by atoms with E-state index < -0.39 is 0 Å². The lowest BCUT2D eigenvalue weighted by Crippen LogP contribution is -2.48. The molecule has 0 bridgehead atoms. The second-order valence-electron chi connectivity index (χ2n) is 6.72. The summed E-state index contributed by atoms with van der Waals surface area (Å²) in [6.07, 6.45) is 0. The van der Waals surface area contributed by atoms with E-state index in [0.717, 1.165) is 41.5 Å². The van der Waals surface area contributed by atoms with E-state index in [1.165, 1.54) is 0 Å². The van der Waals surface area contributed by atoms with Crippen molar-refractivity contribution in [3.63, 3.8) is 0 Å². The van der Waals surface area contributed by atoms with Crippen LogP contribution < -0.4 is 10.2 Å². The zero-order valence-electron chi connectivity index (χ0n) is 15.6. The monoisotopic (exact) mass is 373 g/mol. The number of hydrogen-bond acceptors (Lipinski definition) is 5. The van der Waals surface area contributed by atoms with Crippen LogP contribution >= 0.6 is 11.6 Å². The van der Waals surface area contributed by atoms with E-state index >= 15 is 0 Å². The van der Waals surface area contributed by atoms with Crippen molar-refractivity contribution < 1.29 is 4.79 Å². The van der Waals surface area contributed by atoms with Crippen molar-refractivity contribution >= 4 is 34.8 Å². The summed E-state index contributed by atoms with van der Waals surface area (Å²) in [4.78, 5) is 24.6. The SMILES string of the molecule is CC(=O)N1CCN(c2cc(Nc3c(C)cc(C)cc3Cl)nc(C)n2)CC1. The minimum Gasteiger partial charge on any atom is -0.353 e. The minimum absolute atomic E-state index is 0.121. The number of hydrogen-bond donors (Lipinski definition) is 1. The molecule has 0 unspecified atom stereocenters. The van der Waals surface area contributed by atoms with E-state index in [1.807, 2.05) is 37.8 Å². The first-order valence-corrected chi connectivity index (χ1v) is 9.11. The molecule has 6 nitrogen and oxygen atoms in total. The highest BCUT2D eigenvalue weighted by Crippen LogP contribution is 2.30. The summed E-state index contributed by atoms with van der Waals surface area (Å²) in [5.41, 5.74) is 3.06. The predicted octanol–water partition coefficient (Wildman–Crippen LogP) is 3.47. The van der Waals surface area contributed by atoms with E-state index in [9.17, 15) is 4.79 Å². The van der Waals surface area contributed by atoms with Gasteiger partial charge in [-0.3, -0.25) is 4.79 Å². The van der Waals surface area contributed by atoms with Gasteiger partial charge in [-0.2, -0.15) is 0 Å². The molecule has 2 heterocycles. The summed E-state index contributed by atoms with van der Waals surface area (Å²) in [6, 6.07) is 5.96. The van der Waals surface area contributed by atoms with Crippen LogP contribution in [0, 0.1) is 20.8 Å². The van der Waals surface area contributed by atoms with Crippen molar-refractivity contribution in [2.75, 3.05) is 36.4 Å². The van der Waals surface area contributed by atoms with Gasteiger partial charge in [-0.05, 0) is 38.0 Å². The van der Waals surface area contributed by atoms with Crippen molar-refractivity contribution in [3.05, 3.63) is 40.2 Å². The van der Waals surface area contributed by atoms with Crippen molar-refractivity contribution in [1.82, 2.24) is 14.9 Å². The summed E-state index contributed by atoms with van der Waals surface area (Å²) >= 11 is 6.40. The maximum Gasteiger partial charge on any atom is 0.219 e. The smallest absolute Gasteiger partial charge is 0.219 e. The molecule has 7 heteroatoms. The van der Waals surface area contributed by atoms with E-state index in [0.29, 0.717) is 23.9 Å². The molecule has 26 heavy (non-hydrogen) atoms. The highest BCUT2D eigenvalue weighted by atomic mass is 35.5. The van der Waals surface area contributed by atoms with Gasteiger partial charge in [-0.25, -0.2) is 9.97 Å². The molecule has 1 aliphatic rings. The predicted molar refractivity (Wildman–Crippen MR) is 105 cm³/mol. The van der Waals surface area contributed by atoms with Gasteiger partial charge in [0.1, 0.15) is 17.5 Å². The number of carbonyl (C=O) groups excluding carboxylic acids is 1. The maximum absolute atomic E-state index is 11.5. The number of rotatable bonds is 3. The van der Waals surface area contributed by atoms with Gasteiger partial charge in [-0.1, -0.05) is 17.7 Å². The quantitative estimate of drug-likeness (QED) is 0.892. The van der Waals surface area contributed by atoms with Crippen molar-refractivity contribution in [2.45, 2.75) is 27.7 Å². The molecule has 1 N–H and O–H groups in total. The van der Waals surface area contributed by atoms with E-state index in [-0.39, 0.29) is 5.91 Å². The van der Waals surface area contributed by atoms with Crippen LogP contribution in [0.3, 0.4) is 0 Å². The average molecular weight is 374 g/mol. The van der Waals surface area contributed by atoms with Crippen LogP contribution in [0.15, 0.2) is 18.2 Å². The highest BCUT2D eigenvalue weighted by Gasteiger charge is 2.20. The number of nitrogens with one attached hydrogen (secondary N) is 1. The lowest BCUT2D eigenvalue weighted by molar-refractivity contribution is -0.129. The number of anilines is 3. The lowest BCUT2D eigenvalue weighted by Gasteiger charge is -2.35. The zero-order valence-corrected chi connectivity index (χ0v) is 16.4. The molecule has 1 aromatic heterocycles. The van der Waals surface area contributed by atoms with Crippen LogP contribution in [0.2, 0.25) is 5.02 Å². The van der Waals surface area contributed by atoms with Gasteiger partial charge in [0.15, 0.2) is 0 Å².